The maximum absolute atomic E-state index is 11.8. The Hall–Kier alpha value is -1.60. The van der Waals surface area contributed by atoms with Crippen LogP contribution in [0.4, 0.5) is 10.5 Å². The molecule has 2 amide bonds. The van der Waals surface area contributed by atoms with Gasteiger partial charge in [-0.15, -0.1) is 0 Å². The van der Waals surface area contributed by atoms with E-state index in [0.717, 1.165) is 13.1 Å². The van der Waals surface area contributed by atoms with Crippen molar-refractivity contribution in [3.63, 3.8) is 0 Å². The summed E-state index contributed by atoms with van der Waals surface area (Å²) in [6, 6.07) is -0.337. The Balaban J connectivity index is 2.50. The number of aromatic nitrogens is 2. The molecule has 1 aromatic heterocycles. The molecule has 1 aromatic rings. The molecule has 0 bridgehead atoms. The van der Waals surface area contributed by atoms with Crippen molar-refractivity contribution in [3.8, 4) is 0 Å². The van der Waals surface area contributed by atoms with Crippen molar-refractivity contribution in [1.82, 2.24) is 20.0 Å². The van der Waals surface area contributed by atoms with Crippen LogP contribution in [0.15, 0.2) is 12.4 Å². The molecule has 0 spiro atoms. The molecule has 0 fully saturated rings. The molecule has 0 aliphatic carbocycles. The van der Waals surface area contributed by atoms with Crippen molar-refractivity contribution < 1.29 is 9.90 Å². The lowest BCUT2D eigenvalue weighted by atomic mass is 10.0. The van der Waals surface area contributed by atoms with Crippen molar-refractivity contribution in [2.24, 2.45) is 0 Å². The minimum atomic E-state index is -0.606. The molecular weight excluding hydrogens is 258 g/mol. The third kappa shape index (κ3) is 5.18. The third-order valence-corrected chi connectivity index (χ3v) is 3.21. The molecule has 0 radical (unpaired) electrons. The normalized spacial score (nSPS) is 14.1. The summed E-state index contributed by atoms with van der Waals surface area (Å²) < 4.78 is 1.78. The van der Waals surface area contributed by atoms with Crippen molar-refractivity contribution >= 4 is 11.7 Å². The highest BCUT2D eigenvalue weighted by Gasteiger charge is 2.23. The van der Waals surface area contributed by atoms with Gasteiger partial charge in [-0.05, 0) is 27.4 Å². The number of aliphatic hydroxyl groups excluding tert-OH is 1. The molecule has 0 aliphatic heterocycles. The molecule has 1 heterocycles. The predicted octanol–water partition coefficient (Wildman–Crippen LogP) is 0.727. The number of carbonyl (C=O) groups excluding carboxylic acids is 1. The van der Waals surface area contributed by atoms with Gasteiger partial charge < -0.3 is 20.6 Å². The number of nitrogens with zero attached hydrogens (tertiary/aromatic N) is 3. The van der Waals surface area contributed by atoms with E-state index in [1.165, 1.54) is 0 Å². The van der Waals surface area contributed by atoms with E-state index in [1.807, 2.05) is 21.0 Å². The average Bonchev–Trinajstić information content (AvgIpc) is 2.83. The summed E-state index contributed by atoms with van der Waals surface area (Å²) in [5.74, 6) is 0. The zero-order valence-corrected chi connectivity index (χ0v) is 12.7. The number of amides is 2. The quantitative estimate of drug-likeness (QED) is 0.689. The second-order valence-corrected chi connectivity index (χ2v) is 5.45. The number of anilines is 1. The largest absolute Gasteiger partial charge is 0.394 e. The Labute approximate surface area is 120 Å². The Morgan fingerprint density at radius 3 is 2.80 bits per heavy atom. The van der Waals surface area contributed by atoms with Crippen LogP contribution in [0.5, 0.6) is 0 Å². The first-order valence-electron chi connectivity index (χ1n) is 6.76. The Morgan fingerprint density at radius 2 is 2.25 bits per heavy atom. The number of likely N-dealkylation sites (N-methyl/N-ethyl adjacent to an activating group) is 1. The minimum absolute atomic E-state index is 0.0982. The number of nitrogens with one attached hydrogen (secondary N) is 2. The van der Waals surface area contributed by atoms with Gasteiger partial charge in [0.1, 0.15) is 0 Å². The number of aliphatic hydroxyl groups is 1. The van der Waals surface area contributed by atoms with Gasteiger partial charge in [-0.2, -0.15) is 5.10 Å². The monoisotopic (exact) mass is 283 g/mol. The topological polar surface area (TPSA) is 82.4 Å². The van der Waals surface area contributed by atoms with Crippen LogP contribution < -0.4 is 10.6 Å². The number of carbonyl (C=O) groups is 1. The maximum atomic E-state index is 11.8. The van der Waals surface area contributed by atoms with Gasteiger partial charge in [0.15, 0.2) is 0 Å². The summed E-state index contributed by atoms with van der Waals surface area (Å²) in [6.45, 7) is 5.26. The highest BCUT2D eigenvalue weighted by Crippen LogP contribution is 2.09. The molecule has 114 valence electrons. The van der Waals surface area contributed by atoms with Gasteiger partial charge in [-0.3, -0.25) is 4.68 Å². The van der Waals surface area contributed by atoms with Crippen molar-refractivity contribution in [3.05, 3.63) is 12.4 Å². The Morgan fingerprint density at radius 1 is 1.55 bits per heavy atom. The van der Waals surface area contributed by atoms with E-state index in [0.29, 0.717) is 12.1 Å². The summed E-state index contributed by atoms with van der Waals surface area (Å²) in [6.07, 6.45) is 4.04. The van der Waals surface area contributed by atoms with E-state index < -0.39 is 5.54 Å². The van der Waals surface area contributed by atoms with Crippen LogP contribution >= 0.6 is 0 Å². The van der Waals surface area contributed by atoms with Gasteiger partial charge in [0, 0.05) is 12.7 Å². The first-order valence-corrected chi connectivity index (χ1v) is 6.76. The van der Waals surface area contributed by atoms with Crippen LogP contribution in [-0.2, 0) is 6.54 Å². The highest BCUT2D eigenvalue weighted by atomic mass is 16.3. The van der Waals surface area contributed by atoms with Crippen LogP contribution in [-0.4, -0.2) is 58.6 Å². The summed E-state index contributed by atoms with van der Waals surface area (Å²) >= 11 is 0. The second kappa shape index (κ2) is 7.25. The zero-order chi connectivity index (χ0) is 15.2. The number of rotatable bonds is 7. The van der Waals surface area contributed by atoms with Crippen LogP contribution in [0.25, 0.3) is 0 Å². The van der Waals surface area contributed by atoms with Crippen LogP contribution in [0.2, 0.25) is 0 Å². The van der Waals surface area contributed by atoms with Crippen LogP contribution in [0.1, 0.15) is 20.3 Å². The third-order valence-electron chi connectivity index (χ3n) is 3.21. The molecule has 7 heteroatoms. The fraction of sp³-hybridized carbons (Fsp3) is 0.692. The molecule has 0 saturated carbocycles. The minimum Gasteiger partial charge on any atom is -0.394 e. The molecule has 1 atom stereocenters. The summed E-state index contributed by atoms with van der Waals surface area (Å²) in [7, 11) is 3.99. The second-order valence-electron chi connectivity index (χ2n) is 5.45. The summed E-state index contributed by atoms with van der Waals surface area (Å²) in [5.41, 5.74) is 0.0306. The molecule has 20 heavy (non-hydrogen) atoms. The summed E-state index contributed by atoms with van der Waals surface area (Å²) in [5, 5.41) is 18.9. The van der Waals surface area contributed by atoms with Crippen molar-refractivity contribution in [2.75, 3.05) is 32.6 Å². The standard InChI is InChI=1S/C13H25N5O2/c1-5-13(2,10-19)16-12(20)15-11-8-14-18(9-11)7-6-17(3)4/h8-9,19H,5-7,10H2,1-4H3,(H2,15,16,20). The first kappa shape index (κ1) is 16.5. The number of hydrogen-bond acceptors (Lipinski definition) is 4. The zero-order valence-electron chi connectivity index (χ0n) is 12.7. The average molecular weight is 283 g/mol. The fourth-order valence-electron chi connectivity index (χ4n) is 1.53. The maximum Gasteiger partial charge on any atom is 0.319 e. The van der Waals surface area contributed by atoms with E-state index in [4.69, 9.17) is 0 Å². The SMILES string of the molecule is CCC(C)(CO)NC(=O)Nc1cnn(CCN(C)C)c1. The van der Waals surface area contributed by atoms with E-state index in [2.05, 4.69) is 20.6 Å². The van der Waals surface area contributed by atoms with E-state index >= 15 is 0 Å². The lowest BCUT2D eigenvalue weighted by Gasteiger charge is -2.26. The molecule has 3 N–H and O–H groups in total. The summed E-state index contributed by atoms with van der Waals surface area (Å²) in [4.78, 5) is 13.9. The fourth-order valence-corrected chi connectivity index (χ4v) is 1.53. The van der Waals surface area contributed by atoms with Crippen LogP contribution in [0.3, 0.4) is 0 Å². The van der Waals surface area contributed by atoms with Gasteiger partial charge in [-0.1, -0.05) is 6.92 Å². The first-order chi connectivity index (χ1) is 9.38. The smallest absolute Gasteiger partial charge is 0.319 e. The molecule has 1 rings (SSSR count). The van der Waals surface area contributed by atoms with Gasteiger partial charge in [0.25, 0.3) is 0 Å². The van der Waals surface area contributed by atoms with E-state index in [9.17, 15) is 9.90 Å². The van der Waals surface area contributed by atoms with Crippen LogP contribution in [0, 0.1) is 0 Å². The highest BCUT2D eigenvalue weighted by molar-refractivity contribution is 5.89. The number of urea groups is 1. The van der Waals surface area contributed by atoms with E-state index in [1.54, 1.807) is 24.0 Å². The lowest BCUT2D eigenvalue weighted by Crippen LogP contribution is -2.50. The molecule has 1 unspecified atom stereocenters. The van der Waals surface area contributed by atoms with Gasteiger partial charge >= 0.3 is 6.03 Å². The van der Waals surface area contributed by atoms with Gasteiger partial charge in [0.2, 0.25) is 0 Å². The molecular formula is C13H25N5O2. The Kier molecular flexibility index (Phi) is 5.97. The molecule has 0 aromatic carbocycles. The predicted molar refractivity (Wildman–Crippen MR) is 78.7 cm³/mol. The Bertz CT molecular complexity index is 426. The van der Waals surface area contributed by atoms with Gasteiger partial charge in [0.05, 0.1) is 30.6 Å². The molecule has 7 nitrogen and oxygen atoms in total. The van der Waals surface area contributed by atoms with Crippen molar-refractivity contribution in [1.29, 1.82) is 0 Å². The van der Waals surface area contributed by atoms with Gasteiger partial charge in [-0.25, -0.2) is 4.79 Å². The van der Waals surface area contributed by atoms with E-state index in [-0.39, 0.29) is 12.6 Å². The molecule has 0 saturated heterocycles. The number of hydrogen-bond donors (Lipinski definition) is 3. The lowest BCUT2D eigenvalue weighted by molar-refractivity contribution is 0.172. The van der Waals surface area contributed by atoms with Crippen molar-refractivity contribution in [2.45, 2.75) is 32.4 Å². The molecule has 0 aliphatic rings.